The van der Waals surface area contributed by atoms with Gasteiger partial charge in [-0.15, -0.1) is 0 Å². The fourth-order valence-corrected chi connectivity index (χ4v) is 2.56. The van der Waals surface area contributed by atoms with Crippen LogP contribution in [0.15, 0.2) is 23.1 Å². The van der Waals surface area contributed by atoms with Crippen molar-refractivity contribution in [1.29, 1.82) is 0 Å². The molecule has 1 aromatic carbocycles. The SMILES string of the molecule is CN(C)CCCNS(=O)(=O)c1cc(N)cc(F)c1. The summed E-state index contributed by atoms with van der Waals surface area (Å²) in [7, 11) is 0.117. The minimum atomic E-state index is -3.69. The normalized spacial score (nSPS) is 12.0. The Balaban J connectivity index is 2.68. The average Bonchev–Trinajstić information content (AvgIpc) is 2.23. The molecule has 102 valence electrons. The molecular weight excluding hydrogens is 257 g/mol. The lowest BCUT2D eigenvalue weighted by molar-refractivity contribution is 0.400. The van der Waals surface area contributed by atoms with E-state index in [9.17, 15) is 12.8 Å². The van der Waals surface area contributed by atoms with E-state index in [0.29, 0.717) is 13.0 Å². The topological polar surface area (TPSA) is 75.4 Å². The molecule has 0 aliphatic rings. The Bertz CT molecular complexity index is 483. The first kappa shape index (κ1) is 14.9. The number of hydrogen-bond donors (Lipinski definition) is 2. The molecule has 0 aromatic heterocycles. The molecule has 0 unspecified atom stereocenters. The van der Waals surface area contributed by atoms with Crippen LogP contribution >= 0.6 is 0 Å². The highest BCUT2D eigenvalue weighted by Gasteiger charge is 2.14. The maximum absolute atomic E-state index is 13.1. The standard InChI is InChI=1S/C11H18FN3O2S/c1-15(2)5-3-4-14-18(16,17)11-7-9(12)6-10(13)8-11/h6-8,14H,3-5,13H2,1-2H3. The molecule has 0 spiro atoms. The van der Waals surface area contributed by atoms with Gasteiger partial charge in [-0.05, 0) is 45.3 Å². The van der Waals surface area contributed by atoms with Crippen molar-refractivity contribution < 1.29 is 12.8 Å². The number of benzene rings is 1. The Morgan fingerprint density at radius 1 is 1.33 bits per heavy atom. The molecule has 0 amide bonds. The molecule has 18 heavy (non-hydrogen) atoms. The minimum absolute atomic E-state index is 0.0867. The number of nitrogens with one attached hydrogen (secondary N) is 1. The Kier molecular flexibility index (Phi) is 5.06. The summed E-state index contributed by atoms with van der Waals surface area (Å²) in [6.07, 6.45) is 0.678. The van der Waals surface area contributed by atoms with E-state index in [0.717, 1.165) is 18.7 Å². The zero-order chi connectivity index (χ0) is 13.8. The smallest absolute Gasteiger partial charge is 0.240 e. The maximum Gasteiger partial charge on any atom is 0.240 e. The van der Waals surface area contributed by atoms with E-state index in [4.69, 9.17) is 5.73 Å². The van der Waals surface area contributed by atoms with Gasteiger partial charge in [0.25, 0.3) is 0 Å². The second-order valence-corrected chi connectivity index (χ2v) is 6.04. The monoisotopic (exact) mass is 275 g/mol. The molecule has 3 N–H and O–H groups in total. The van der Waals surface area contributed by atoms with E-state index in [1.54, 1.807) is 0 Å². The quantitative estimate of drug-likeness (QED) is 0.590. The minimum Gasteiger partial charge on any atom is -0.399 e. The highest BCUT2D eigenvalue weighted by atomic mass is 32.2. The average molecular weight is 275 g/mol. The van der Waals surface area contributed by atoms with Gasteiger partial charge >= 0.3 is 0 Å². The number of halogens is 1. The molecule has 0 radical (unpaired) electrons. The number of hydrogen-bond acceptors (Lipinski definition) is 4. The third kappa shape index (κ3) is 4.59. The first-order chi connectivity index (χ1) is 8.31. The van der Waals surface area contributed by atoms with E-state index < -0.39 is 15.8 Å². The Labute approximate surface area is 107 Å². The number of nitrogen functional groups attached to an aromatic ring is 1. The number of nitrogens with two attached hydrogens (primary N) is 1. The molecule has 0 fully saturated rings. The molecule has 0 atom stereocenters. The zero-order valence-corrected chi connectivity index (χ0v) is 11.3. The van der Waals surface area contributed by atoms with Crippen LogP contribution in [0.3, 0.4) is 0 Å². The number of sulfonamides is 1. The van der Waals surface area contributed by atoms with Gasteiger partial charge in [0.1, 0.15) is 5.82 Å². The van der Waals surface area contributed by atoms with Gasteiger partial charge in [0, 0.05) is 12.2 Å². The summed E-state index contributed by atoms with van der Waals surface area (Å²) >= 11 is 0. The van der Waals surface area contributed by atoms with Gasteiger partial charge in [-0.2, -0.15) is 0 Å². The summed E-state index contributed by atoms with van der Waals surface area (Å²) in [5.74, 6) is -0.663. The number of nitrogens with zero attached hydrogens (tertiary/aromatic N) is 1. The van der Waals surface area contributed by atoms with Crippen molar-refractivity contribution in [3.63, 3.8) is 0 Å². The van der Waals surface area contributed by atoms with Crippen molar-refractivity contribution in [2.75, 3.05) is 32.9 Å². The van der Waals surface area contributed by atoms with E-state index in [-0.39, 0.29) is 10.6 Å². The van der Waals surface area contributed by atoms with Crippen LogP contribution in [0.25, 0.3) is 0 Å². The summed E-state index contributed by atoms with van der Waals surface area (Å²) in [6, 6.07) is 3.26. The van der Waals surface area contributed by atoms with Crippen LogP contribution in [0.2, 0.25) is 0 Å². The highest BCUT2D eigenvalue weighted by molar-refractivity contribution is 7.89. The first-order valence-electron chi connectivity index (χ1n) is 5.52. The summed E-state index contributed by atoms with van der Waals surface area (Å²) in [5, 5.41) is 0. The van der Waals surface area contributed by atoms with Crippen LogP contribution in [0.5, 0.6) is 0 Å². The lowest BCUT2D eigenvalue weighted by atomic mass is 10.3. The third-order valence-corrected chi connectivity index (χ3v) is 3.72. The van der Waals surface area contributed by atoms with Crippen LogP contribution in [-0.2, 0) is 10.0 Å². The van der Waals surface area contributed by atoms with Crippen molar-refractivity contribution in [1.82, 2.24) is 9.62 Å². The second-order valence-electron chi connectivity index (χ2n) is 4.27. The van der Waals surface area contributed by atoms with Gasteiger partial charge in [-0.3, -0.25) is 0 Å². The molecule has 7 heteroatoms. The van der Waals surface area contributed by atoms with Crippen LogP contribution in [0.4, 0.5) is 10.1 Å². The molecule has 0 aliphatic heterocycles. The Hall–Kier alpha value is -1.18. The number of anilines is 1. The van der Waals surface area contributed by atoms with E-state index in [1.165, 1.54) is 6.07 Å². The molecule has 0 bridgehead atoms. The van der Waals surface area contributed by atoms with E-state index in [1.807, 2.05) is 19.0 Å². The van der Waals surface area contributed by atoms with E-state index >= 15 is 0 Å². The largest absolute Gasteiger partial charge is 0.399 e. The lowest BCUT2D eigenvalue weighted by Gasteiger charge is -2.10. The van der Waals surface area contributed by atoms with Crippen LogP contribution in [0.1, 0.15) is 6.42 Å². The summed E-state index contributed by atoms with van der Waals surface area (Å²) in [5.41, 5.74) is 5.50. The molecule has 5 nitrogen and oxygen atoms in total. The van der Waals surface area contributed by atoms with Crippen molar-refractivity contribution in [3.8, 4) is 0 Å². The fraction of sp³-hybridized carbons (Fsp3) is 0.455. The zero-order valence-electron chi connectivity index (χ0n) is 10.5. The third-order valence-electron chi connectivity index (χ3n) is 2.28. The van der Waals surface area contributed by atoms with Crippen LogP contribution in [-0.4, -0.2) is 40.5 Å². The van der Waals surface area contributed by atoms with Crippen LogP contribution < -0.4 is 10.5 Å². The van der Waals surface area contributed by atoms with Gasteiger partial charge in [-0.25, -0.2) is 17.5 Å². The molecule has 0 heterocycles. The summed E-state index contributed by atoms with van der Waals surface area (Å²) in [6.45, 7) is 1.07. The molecule has 0 aliphatic carbocycles. The van der Waals surface area contributed by atoms with Crippen molar-refractivity contribution >= 4 is 15.7 Å². The highest BCUT2D eigenvalue weighted by Crippen LogP contribution is 2.15. The lowest BCUT2D eigenvalue weighted by Crippen LogP contribution is -2.27. The van der Waals surface area contributed by atoms with Crippen molar-refractivity contribution in [3.05, 3.63) is 24.0 Å². The van der Waals surface area contributed by atoms with Gasteiger partial charge in [0.2, 0.25) is 10.0 Å². The molecule has 1 rings (SSSR count). The van der Waals surface area contributed by atoms with Gasteiger partial charge in [0.15, 0.2) is 0 Å². The molecule has 0 saturated heterocycles. The van der Waals surface area contributed by atoms with Crippen LogP contribution in [0, 0.1) is 5.82 Å². The van der Waals surface area contributed by atoms with Gasteiger partial charge < -0.3 is 10.6 Å². The molecule has 0 saturated carbocycles. The Morgan fingerprint density at radius 2 is 2.00 bits per heavy atom. The first-order valence-corrected chi connectivity index (χ1v) is 7.00. The number of rotatable bonds is 6. The predicted octanol–water partition coefficient (Wildman–Crippen LogP) is 0.638. The van der Waals surface area contributed by atoms with E-state index in [2.05, 4.69) is 4.72 Å². The predicted molar refractivity (Wildman–Crippen MR) is 69.2 cm³/mol. The second kappa shape index (κ2) is 6.12. The summed E-state index contributed by atoms with van der Waals surface area (Å²) in [4.78, 5) is 1.80. The molecular formula is C11H18FN3O2S. The van der Waals surface area contributed by atoms with Crippen molar-refractivity contribution in [2.45, 2.75) is 11.3 Å². The fourth-order valence-electron chi connectivity index (χ4n) is 1.42. The Morgan fingerprint density at radius 3 is 2.56 bits per heavy atom. The van der Waals surface area contributed by atoms with Gasteiger partial charge in [-0.1, -0.05) is 0 Å². The maximum atomic E-state index is 13.1. The van der Waals surface area contributed by atoms with Gasteiger partial charge in [0.05, 0.1) is 4.90 Å². The van der Waals surface area contributed by atoms with Crippen molar-refractivity contribution in [2.24, 2.45) is 0 Å². The summed E-state index contributed by atoms with van der Waals surface area (Å²) < 4.78 is 39.2. The molecule has 1 aromatic rings.